The molecule has 0 saturated carbocycles. The van der Waals surface area contributed by atoms with Gasteiger partial charge in [0.05, 0.1) is 12.6 Å². The lowest BCUT2D eigenvalue weighted by Gasteiger charge is -2.18. The van der Waals surface area contributed by atoms with E-state index in [0.717, 1.165) is 4.47 Å². The maximum atomic E-state index is 11.7. The normalized spacial score (nSPS) is 13.2. The molecule has 1 aromatic carbocycles. The third kappa shape index (κ3) is 4.58. The molecule has 102 valence electrons. The van der Waals surface area contributed by atoms with Gasteiger partial charge in [0.15, 0.2) is 6.10 Å². The highest BCUT2D eigenvalue weighted by molar-refractivity contribution is 9.10. The number of rotatable bonds is 5. The van der Waals surface area contributed by atoms with Crippen LogP contribution in [0.25, 0.3) is 0 Å². The third-order valence-corrected chi connectivity index (χ3v) is 2.96. The van der Waals surface area contributed by atoms with Gasteiger partial charge in [0.25, 0.3) is 5.91 Å². The highest BCUT2D eigenvalue weighted by Gasteiger charge is 2.17. The van der Waals surface area contributed by atoms with Crippen LogP contribution in [0.4, 0.5) is 0 Å². The van der Waals surface area contributed by atoms with Crippen LogP contribution in [0.3, 0.4) is 0 Å². The van der Waals surface area contributed by atoms with Crippen LogP contribution in [0.5, 0.6) is 5.75 Å². The van der Waals surface area contributed by atoms with Gasteiger partial charge in [-0.1, -0.05) is 27.9 Å². The van der Waals surface area contributed by atoms with Gasteiger partial charge < -0.3 is 15.2 Å². The number of ether oxygens (including phenoxy) is 1. The molecule has 0 fully saturated rings. The van der Waals surface area contributed by atoms with Gasteiger partial charge >= 0.3 is 0 Å². The monoisotopic (exact) mass is 325 g/mol. The summed E-state index contributed by atoms with van der Waals surface area (Å²) in [5.74, 6) is 2.49. The fourth-order valence-electron chi connectivity index (χ4n) is 1.48. The molecule has 2 N–H and O–H groups in total. The molecule has 0 aromatic heterocycles. The SMILES string of the molecule is C#CCNC(=O)C(C)Oc1cc(Br)ccc1[C@H](C)O. The molecule has 0 aliphatic heterocycles. The Balaban J connectivity index is 2.84. The van der Waals surface area contributed by atoms with E-state index in [1.807, 2.05) is 0 Å². The van der Waals surface area contributed by atoms with E-state index in [0.29, 0.717) is 11.3 Å². The lowest BCUT2D eigenvalue weighted by molar-refractivity contribution is -0.127. The number of carbonyl (C=O) groups excluding carboxylic acids is 1. The Morgan fingerprint density at radius 1 is 1.58 bits per heavy atom. The zero-order chi connectivity index (χ0) is 14.4. The molecule has 2 atom stereocenters. The standard InChI is InChI=1S/C14H16BrNO3/c1-4-7-16-14(18)10(3)19-13-8-11(15)5-6-12(13)9(2)17/h1,5-6,8-10,17H,7H2,2-3H3,(H,16,18)/t9-,10?/m0/s1. The summed E-state index contributed by atoms with van der Waals surface area (Å²) in [6, 6.07) is 5.27. The Kier molecular flexibility index (Phi) is 5.87. The first kappa shape index (κ1) is 15.5. The Morgan fingerprint density at radius 3 is 2.84 bits per heavy atom. The summed E-state index contributed by atoms with van der Waals surface area (Å²) in [4.78, 5) is 11.7. The van der Waals surface area contributed by atoms with E-state index in [1.165, 1.54) is 0 Å². The quantitative estimate of drug-likeness (QED) is 0.814. The number of aliphatic hydroxyl groups is 1. The van der Waals surface area contributed by atoms with E-state index in [-0.39, 0.29) is 12.5 Å². The number of terminal acetylenes is 1. The Morgan fingerprint density at radius 2 is 2.26 bits per heavy atom. The van der Waals surface area contributed by atoms with Gasteiger partial charge in [0.1, 0.15) is 5.75 Å². The number of aliphatic hydroxyl groups excluding tert-OH is 1. The van der Waals surface area contributed by atoms with Crippen LogP contribution in [0.15, 0.2) is 22.7 Å². The van der Waals surface area contributed by atoms with Crippen LogP contribution in [-0.2, 0) is 4.79 Å². The van der Waals surface area contributed by atoms with Crippen LogP contribution >= 0.6 is 15.9 Å². The first-order valence-electron chi connectivity index (χ1n) is 5.81. The van der Waals surface area contributed by atoms with Gasteiger partial charge in [0.2, 0.25) is 0 Å². The van der Waals surface area contributed by atoms with E-state index in [2.05, 4.69) is 27.2 Å². The molecule has 0 saturated heterocycles. The largest absolute Gasteiger partial charge is 0.480 e. The molecule has 0 aliphatic carbocycles. The van der Waals surface area contributed by atoms with Crippen molar-refractivity contribution in [1.82, 2.24) is 5.32 Å². The van der Waals surface area contributed by atoms with Crippen molar-refractivity contribution in [2.24, 2.45) is 0 Å². The number of hydrogen-bond donors (Lipinski definition) is 2. The molecule has 5 heteroatoms. The van der Waals surface area contributed by atoms with Crippen molar-refractivity contribution < 1.29 is 14.6 Å². The van der Waals surface area contributed by atoms with Gasteiger partial charge in [-0.3, -0.25) is 4.79 Å². The minimum Gasteiger partial charge on any atom is -0.480 e. The number of carbonyl (C=O) groups is 1. The molecule has 0 aliphatic rings. The zero-order valence-electron chi connectivity index (χ0n) is 10.8. The average molecular weight is 326 g/mol. The van der Waals surface area contributed by atoms with Crippen molar-refractivity contribution in [3.63, 3.8) is 0 Å². The molecule has 0 spiro atoms. The first-order valence-corrected chi connectivity index (χ1v) is 6.60. The van der Waals surface area contributed by atoms with Crippen LogP contribution in [0, 0.1) is 12.3 Å². The minimum absolute atomic E-state index is 0.161. The van der Waals surface area contributed by atoms with Crippen molar-refractivity contribution in [2.45, 2.75) is 26.1 Å². The zero-order valence-corrected chi connectivity index (χ0v) is 12.4. The van der Waals surface area contributed by atoms with Gasteiger partial charge in [-0.2, -0.15) is 0 Å². The lowest BCUT2D eigenvalue weighted by atomic mass is 10.1. The summed E-state index contributed by atoms with van der Waals surface area (Å²) in [6.07, 6.45) is 3.70. The van der Waals surface area contributed by atoms with Crippen molar-refractivity contribution in [1.29, 1.82) is 0 Å². The Labute approximate surface area is 121 Å². The second kappa shape index (κ2) is 7.17. The summed E-state index contributed by atoms with van der Waals surface area (Å²) in [5.41, 5.74) is 0.625. The molecule has 0 heterocycles. The summed E-state index contributed by atoms with van der Waals surface area (Å²) in [5, 5.41) is 12.2. The van der Waals surface area contributed by atoms with Crippen molar-refractivity contribution in [3.05, 3.63) is 28.2 Å². The Bertz CT molecular complexity index is 494. The number of hydrogen-bond acceptors (Lipinski definition) is 3. The average Bonchev–Trinajstić information content (AvgIpc) is 2.35. The van der Waals surface area contributed by atoms with E-state index < -0.39 is 12.2 Å². The molecule has 19 heavy (non-hydrogen) atoms. The van der Waals surface area contributed by atoms with Gasteiger partial charge in [-0.25, -0.2) is 0 Å². The molecule has 1 rings (SSSR count). The van der Waals surface area contributed by atoms with Crippen molar-refractivity contribution in [2.75, 3.05) is 6.54 Å². The first-order chi connectivity index (χ1) is 8.95. The van der Waals surface area contributed by atoms with Gasteiger partial charge in [-0.05, 0) is 26.0 Å². The van der Waals surface area contributed by atoms with Crippen LogP contribution in [-0.4, -0.2) is 23.7 Å². The molecule has 0 bridgehead atoms. The second-order valence-corrected chi connectivity index (χ2v) is 4.96. The maximum Gasteiger partial charge on any atom is 0.261 e. The van der Waals surface area contributed by atoms with Crippen molar-refractivity contribution >= 4 is 21.8 Å². The Hall–Kier alpha value is -1.51. The summed E-state index contributed by atoms with van der Waals surface area (Å²) in [6.45, 7) is 3.42. The number of amides is 1. The van der Waals surface area contributed by atoms with E-state index in [9.17, 15) is 9.90 Å². The molecule has 0 radical (unpaired) electrons. The van der Waals surface area contributed by atoms with E-state index in [4.69, 9.17) is 11.2 Å². The summed E-state index contributed by atoms with van der Waals surface area (Å²) < 4.78 is 6.38. The minimum atomic E-state index is -0.694. The molecular formula is C14H16BrNO3. The fourth-order valence-corrected chi connectivity index (χ4v) is 1.82. The molecule has 1 aromatic rings. The molecule has 4 nitrogen and oxygen atoms in total. The fraction of sp³-hybridized carbons (Fsp3) is 0.357. The van der Waals surface area contributed by atoms with Gasteiger partial charge in [0, 0.05) is 10.0 Å². The topological polar surface area (TPSA) is 58.6 Å². The third-order valence-electron chi connectivity index (χ3n) is 2.46. The van der Waals surface area contributed by atoms with Crippen molar-refractivity contribution in [3.8, 4) is 18.1 Å². The molecule has 1 unspecified atom stereocenters. The van der Waals surface area contributed by atoms with E-state index >= 15 is 0 Å². The van der Waals surface area contributed by atoms with Crippen LogP contribution < -0.4 is 10.1 Å². The predicted molar refractivity (Wildman–Crippen MR) is 76.7 cm³/mol. The number of nitrogens with one attached hydrogen (secondary N) is 1. The number of benzene rings is 1. The summed E-state index contributed by atoms with van der Waals surface area (Å²) in [7, 11) is 0. The number of halogens is 1. The summed E-state index contributed by atoms with van der Waals surface area (Å²) >= 11 is 3.33. The van der Waals surface area contributed by atoms with E-state index in [1.54, 1.807) is 32.0 Å². The van der Waals surface area contributed by atoms with Crippen LogP contribution in [0.1, 0.15) is 25.5 Å². The molecule has 1 amide bonds. The highest BCUT2D eigenvalue weighted by Crippen LogP contribution is 2.29. The predicted octanol–water partition coefficient (Wildman–Crippen LogP) is 2.02. The lowest BCUT2D eigenvalue weighted by Crippen LogP contribution is -2.36. The highest BCUT2D eigenvalue weighted by atomic mass is 79.9. The van der Waals surface area contributed by atoms with Gasteiger partial charge in [-0.15, -0.1) is 6.42 Å². The smallest absolute Gasteiger partial charge is 0.261 e. The second-order valence-electron chi connectivity index (χ2n) is 4.04. The van der Waals surface area contributed by atoms with Crippen LogP contribution in [0.2, 0.25) is 0 Å². The maximum absolute atomic E-state index is 11.7. The molecular weight excluding hydrogens is 310 g/mol.